The van der Waals surface area contributed by atoms with Gasteiger partial charge in [-0.2, -0.15) is 13.8 Å². The van der Waals surface area contributed by atoms with Gasteiger partial charge in [0.15, 0.2) is 0 Å². The average molecular weight is 368 g/mol. The minimum absolute atomic E-state index is 0.0751. The van der Waals surface area contributed by atoms with Gasteiger partial charge in [-0.25, -0.2) is 4.79 Å². The highest BCUT2D eigenvalue weighted by atomic mass is 19.3. The standard InChI is InChI=1S/C16H18F2N4O4/c17-16(18)13(23)11(8-21-4-1-10-9(7-21)3-6-25-10)26-14(16)22-5-2-12(19)20-15(22)24/h2-3,5-6,11,13-14,23H,1,4,7-8H2,(H2,19,20,24)/t11-,13-,14-/m1/s1. The number of alkyl halides is 2. The van der Waals surface area contributed by atoms with Crippen LogP contribution in [0.25, 0.3) is 0 Å². The first-order valence-corrected chi connectivity index (χ1v) is 8.20. The molecular weight excluding hydrogens is 350 g/mol. The van der Waals surface area contributed by atoms with E-state index < -0.39 is 30.0 Å². The van der Waals surface area contributed by atoms with Crippen LogP contribution in [0.5, 0.6) is 0 Å². The van der Waals surface area contributed by atoms with Crippen molar-refractivity contribution < 1.29 is 23.0 Å². The average Bonchev–Trinajstić information content (AvgIpc) is 3.13. The van der Waals surface area contributed by atoms with Crippen molar-refractivity contribution in [1.29, 1.82) is 0 Å². The van der Waals surface area contributed by atoms with Crippen molar-refractivity contribution in [2.75, 3.05) is 18.8 Å². The summed E-state index contributed by atoms with van der Waals surface area (Å²) in [5.74, 6) is -2.83. The van der Waals surface area contributed by atoms with Crippen molar-refractivity contribution in [2.24, 2.45) is 0 Å². The summed E-state index contributed by atoms with van der Waals surface area (Å²) in [6.45, 7) is 1.24. The van der Waals surface area contributed by atoms with Gasteiger partial charge in [0.1, 0.15) is 23.8 Å². The number of nitrogens with zero attached hydrogens (tertiary/aromatic N) is 3. The summed E-state index contributed by atoms with van der Waals surface area (Å²) in [6, 6.07) is 3.07. The van der Waals surface area contributed by atoms with Crippen LogP contribution in [0, 0.1) is 0 Å². The predicted octanol–water partition coefficient (Wildman–Crippen LogP) is 0.370. The molecule has 0 spiro atoms. The van der Waals surface area contributed by atoms with E-state index in [1.54, 1.807) is 6.26 Å². The van der Waals surface area contributed by atoms with Gasteiger partial charge in [0.2, 0.25) is 6.23 Å². The SMILES string of the molecule is Nc1ccn([C@@H]2O[C@H](CN3CCc4occc4C3)[C@@H](O)C2(F)F)c(=O)n1. The monoisotopic (exact) mass is 368 g/mol. The number of ether oxygens (including phenoxy) is 1. The molecule has 3 N–H and O–H groups in total. The molecule has 8 nitrogen and oxygen atoms in total. The smallest absolute Gasteiger partial charge is 0.351 e. The second-order valence-electron chi connectivity index (χ2n) is 6.54. The summed E-state index contributed by atoms with van der Waals surface area (Å²) >= 11 is 0. The Kier molecular flexibility index (Phi) is 4.05. The van der Waals surface area contributed by atoms with Gasteiger partial charge in [0, 0.05) is 37.8 Å². The van der Waals surface area contributed by atoms with Gasteiger partial charge in [-0.3, -0.25) is 9.47 Å². The first kappa shape index (κ1) is 17.1. The van der Waals surface area contributed by atoms with E-state index in [9.17, 15) is 18.7 Å². The lowest BCUT2D eigenvalue weighted by molar-refractivity contribution is -0.140. The van der Waals surface area contributed by atoms with Crippen molar-refractivity contribution in [1.82, 2.24) is 14.5 Å². The number of nitrogen functional groups attached to an aromatic ring is 1. The molecule has 2 aliphatic rings. The van der Waals surface area contributed by atoms with Crippen LogP contribution in [0.3, 0.4) is 0 Å². The Bertz CT molecular complexity index is 868. The Balaban J connectivity index is 1.53. The molecule has 1 saturated heterocycles. The highest BCUT2D eigenvalue weighted by molar-refractivity contribution is 5.24. The van der Waals surface area contributed by atoms with Gasteiger partial charge in [-0.1, -0.05) is 0 Å². The largest absolute Gasteiger partial charge is 0.469 e. The summed E-state index contributed by atoms with van der Waals surface area (Å²) in [5, 5.41) is 10.1. The molecule has 0 unspecified atom stereocenters. The van der Waals surface area contributed by atoms with Gasteiger partial charge in [0.05, 0.1) is 6.26 Å². The summed E-state index contributed by atoms with van der Waals surface area (Å²) in [6.07, 6.45) is -1.77. The van der Waals surface area contributed by atoms with Crippen LogP contribution in [0.15, 0.2) is 33.8 Å². The maximum atomic E-state index is 14.5. The van der Waals surface area contributed by atoms with E-state index in [2.05, 4.69) is 4.98 Å². The van der Waals surface area contributed by atoms with Gasteiger partial charge in [-0.05, 0) is 12.1 Å². The van der Waals surface area contributed by atoms with Crippen molar-refractivity contribution in [3.63, 3.8) is 0 Å². The fourth-order valence-corrected chi connectivity index (χ4v) is 3.44. The Morgan fingerprint density at radius 2 is 2.23 bits per heavy atom. The Hall–Kier alpha value is -2.30. The molecule has 10 heteroatoms. The zero-order valence-corrected chi connectivity index (χ0v) is 13.7. The number of hydrogen-bond donors (Lipinski definition) is 2. The minimum Gasteiger partial charge on any atom is -0.469 e. The second-order valence-corrected chi connectivity index (χ2v) is 6.54. The van der Waals surface area contributed by atoms with E-state index >= 15 is 0 Å². The van der Waals surface area contributed by atoms with Crippen LogP contribution in [-0.4, -0.2) is 50.8 Å². The van der Waals surface area contributed by atoms with Gasteiger partial charge >= 0.3 is 11.6 Å². The Labute approximate surface area is 146 Å². The third kappa shape index (κ3) is 2.79. The molecular formula is C16H18F2N4O4. The lowest BCUT2D eigenvalue weighted by Gasteiger charge is -2.29. The summed E-state index contributed by atoms with van der Waals surface area (Å²) in [7, 11) is 0. The number of halogens is 2. The third-order valence-electron chi connectivity index (χ3n) is 4.81. The summed E-state index contributed by atoms with van der Waals surface area (Å²) < 4.78 is 40.5. The number of hydrogen-bond acceptors (Lipinski definition) is 7. The fraction of sp³-hybridized carbons (Fsp3) is 0.500. The quantitative estimate of drug-likeness (QED) is 0.806. The van der Waals surface area contributed by atoms with Gasteiger partial charge in [0.25, 0.3) is 0 Å². The first-order valence-electron chi connectivity index (χ1n) is 8.20. The van der Waals surface area contributed by atoms with E-state index in [0.29, 0.717) is 24.1 Å². The van der Waals surface area contributed by atoms with Crippen LogP contribution in [-0.2, 0) is 17.7 Å². The molecule has 0 saturated carbocycles. The molecule has 0 amide bonds. The number of anilines is 1. The molecule has 0 aromatic carbocycles. The number of aromatic nitrogens is 2. The van der Waals surface area contributed by atoms with E-state index in [0.717, 1.165) is 17.5 Å². The lowest BCUT2D eigenvalue weighted by Crippen LogP contribution is -2.44. The third-order valence-corrected chi connectivity index (χ3v) is 4.81. The van der Waals surface area contributed by atoms with Crippen molar-refractivity contribution >= 4 is 5.82 Å². The van der Waals surface area contributed by atoms with E-state index in [4.69, 9.17) is 14.9 Å². The number of aliphatic hydroxyl groups is 1. The molecule has 1 fully saturated rings. The molecule has 2 aromatic heterocycles. The number of nitrogens with two attached hydrogens (primary N) is 1. The van der Waals surface area contributed by atoms with Crippen LogP contribution < -0.4 is 11.4 Å². The zero-order valence-electron chi connectivity index (χ0n) is 13.7. The highest BCUT2D eigenvalue weighted by Gasteiger charge is 2.59. The van der Waals surface area contributed by atoms with E-state index in [-0.39, 0.29) is 12.4 Å². The molecule has 0 bridgehead atoms. The molecule has 0 radical (unpaired) electrons. The number of aliphatic hydroxyl groups excluding tert-OH is 1. The number of furan rings is 1. The molecule has 4 rings (SSSR count). The maximum Gasteiger partial charge on any atom is 0.351 e. The second kappa shape index (κ2) is 6.15. The van der Waals surface area contributed by atoms with E-state index in [1.807, 2.05) is 11.0 Å². The maximum absolute atomic E-state index is 14.5. The molecule has 2 aliphatic heterocycles. The number of rotatable bonds is 3. The fourth-order valence-electron chi connectivity index (χ4n) is 3.44. The predicted molar refractivity (Wildman–Crippen MR) is 85.5 cm³/mol. The van der Waals surface area contributed by atoms with Crippen molar-refractivity contribution in [3.05, 3.63) is 46.4 Å². The number of fused-ring (bicyclic) bond motifs is 1. The Morgan fingerprint density at radius 1 is 1.42 bits per heavy atom. The molecule has 2 aromatic rings. The summed E-state index contributed by atoms with van der Waals surface area (Å²) in [4.78, 5) is 17.2. The van der Waals surface area contributed by atoms with Crippen molar-refractivity contribution in [2.45, 2.75) is 37.3 Å². The van der Waals surface area contributed by atoms with Crippen LogP contribution in [0.4, 0.5) is 14.6 Å². The molecule has 0 aliphatic carbocycles. The highest BCUT2D eigenvalue weighted by Crippen LogP contribution is 2.42. The van der Waals surface area contributed by atoms with E-state index in [1.165, 1.54) is 6.07 Å². The summed E-state index contributed by atoms with van der Waals surface area (Å²) in [5.41, 5.74) is 5.42. The van der Waals surface area contributed by atoms with Crippen LogP contribution in [0.2, 0.25) is 0 Å². The molecule has 140 valence electrons. The molecule has 4 heterocycles. The van der Waals surface area contributed by atoms with Crippen molar-refractivity contribution in [3.8, 4) is 0 Å². The topological polar surface area (TPSA) is 107 Å². The molecule has 26 heavy (non-hydrogen) atoms. The first-order chi connectivity index (χ1) is 12.4. The van der Waals surface area contributed by atoms with Crippen LogP contribution >= 0.6 is 0 Å². The molecule has 3 atom stereocenters. The Morgan fingerprint density at radius 3 is 3.00 bits per heavy atom. The lowest BCUT2D eigenvalue weighted by atomic mass is 10.1. The normalized spacial score (nSPS) is 28.2. The minimum atomic E-state index is -3.64. The van der Waals surface area contributed by atoms with Gasteiger partial charge in [-0.15, -0.1) is 0 Å². The van der Waals surface area contributed by atoms with Crippen LogP contribution in [0.1, 0.15) is 17.6 Å². The zero-order chi connectivity index (χ0) is 18.5. The van der Waals surface area contributed by atoms with Gasteiger partial charge < -0.3 is 20.0 Å².